The van der Waals surface area contributed by atoms with Crippen LogP contribution in [0.25, 0.3) is 0 Å². The van der Waals surface area contributed by atoms with Crippen molar-refractivity contribution < 1.29 is 18.9 Å². The van der Waals surface area contributed by atoms with E-state index in [0.29, 0.717) is 0 Å². The van der Waals surface area contributed by atoms with Crippen LogP contribution < -0.4 is 18.9 Å². The van der Waals surface area contributed by atoms with Gasteiger partial charge in [-0.05, 0) is 66.6 Å². The quantitative estimate of drug-likeness (QED) is 0.380. The maximum Gasteiger partial charge on any atom is 0.214 e. The second-order valence-electron chi connectivity index (χ2n) is 8.50. The van der Waals surface area contributed by atoms with E-state index in [4.69, 9.17) is 24.0 Å². The second kappa shape index (κ2) is 9.67. The summed E-state index contributed by atoms with van der Waals surface area (Å²) in [6.07, 6.45) is 2.57. The van der Waals surface area contributed by atoms with E-state index in [2.05, 4.69) is 42.3 Å². The van der Waals surface area contributed by atoms with E-state index in [1.807, 2.05) is 36.4 Å². The number of hydrogen-bond donors (Lipinski definition) is 0. The zero-order valence-electron chi connectivity index (χ0n) is 19.9. The van der Waals surface area contributed by atoms with Crippen LogP contribution in [0.5, 0.6) is 23.0 Å². The molecule has 0 N–H and O–H groups in total. The van der Waals surface area contributed by atoms with Crippen molar-refractivity contribution in [3.63, 3.8) is 0 Å². The van der Waals surface area contributed by atoms with Crippen molar-refractivity contribution >= 4 is 5.71 Å². The van der Waals surface area contributed by atoms with E-state index >= 15 is 0 Å². The van der Waals surface area contributed by atoms with E-state index in [0.717, 1.165) is 71.3 Å². The van der Waals surface area contributed by atoms with Gasteiger partial charge in [-0.15, -0.1) is 0 Å². The lowest BCUT2D eigenvalue weighted by atomic mass is 9.95. The molecule has 0 unspecified atom stereocenters. The van der Waals surface area contributed by atoms with Gasteiger partial charge in [-0.2, -0.15) is 5.10 Å². The van der Waals surface area contributed by atoms with E-state index in [1.165, 1.54) is 0 Å². The maximum absolute atomic E-state index is 6.55. The first-order valence-electron chi connectivity index (χ1n) is 11.8. The molecule has 2 aliphatic rings. The highest BCUT2D eigenvalue weighted by Crippen LogP contribution is 2.50. The lowest BCUT2D eigenvalue weighted by molar-refractivity contribution is -0.0209. The average molecular weight is 459 g/mol. The van der Waals surface area contributed by atoms with Crippen LogP contribution in [0.3, 0.4) is 0 Å². The fraction of sp³-hybridized carbons (Fsp3) is 0.321. The maximum atomic E-state index is 6.55. The first kappa shape index (κ1) is 22.1. The molecule has 2 aliphatic heterocycles. The van der Waals surface area contributed by atoms with Crippen LogP contribution in [0.2, 0.25) is 0 Å². The molecule has 0 radical (unpaired) electrons. The number of methoxy groups -OCH3 is 2. The van der Waals surface area contributed by atoms with E-state index in [-0.39, 0.29) is 12.3 Å². The molecule has 6 nitrogen and oxygen atoms in total. The number of hydrogen-bond acceptors (Lipinski definition) is 6. The molecule has 3 aromatic carbocycles. The summed E-state index contributed by atoms with van der Waals surface area (Å²) in [5, 5.41) is 7.12. The molecule has 0 amide bonds. The molecule has 0 spiro atoms. The van der Waals surface area contributed by atoms with Gasteiger partial charge in [0.05, 0.1) is 32.6 Å². The minimum atomic E-state index is -0.366. The van der Waals surface area contributed by atoms with E-state index in [9.17, 15) is 0 Å². The van der Waals surface area contributed by atoms with Gasteiger partial charge in [0.2, 0.25) is 6.23 Å². The van der Waals surface area contributed by atoms with Gasteiger partial charge in [-0.3, -0.25) is 0 Å². The molecular formula is C28H30N2O4. The number of hydrazone groups is 1. The Bertz CT molecular complexity index is 1160. The molecule has 176 valence electrons. The molecule has 0 bridgehead atoms. The molecule has 2 atom stereocenters. The van der Waals surface area contributed by atoms with Crippen molar-refractivity contribution in [1.82, 2.24) is 5.01 Å². The molecule has 0 aromatic heterocycles. The smallest absolute Gasteiger partial charge is 0.214 e. The Morgan fingerprint density at radius 1 is 0.941 bits per heavy atom. The van der Waals surface area contributed by atoms with Crippen molar-refractivity contribution in [3.05, 3.63) is 83.4 Å². The third-order valence-corrected chi connectivity index (χ3v) is 6.36. The third kappa shape index (κ3) is 4.16. The Morgan fingerprint density at radius 3 is 2.41 bits per heavy atom. The van der Waals surface area contributed by atoms with Crippen LogP contribution in [-0.2, 0) is 0 Å². The molecule has 34 heavy (non-hydrogen) atoms. The summed E-state index contributed by atoms with van der Waals surface area (Å²) in [7, 11) is 3.35. The van der Waals surface area contributed by atoms with E-state index in [1.54, 1.807) is 14.2 Å². The van der Waals surface area contributed by atoms with Crippen LogP contribution in [0, 0.1) is 0 Å². The third-order valence-electron chi connectivity index (χ3n) is 6.36. The van der Waals surface area contributed by atoms with Crippen LogP contribution in [0.1, 0.15) is 55.1 Å². The SMILES string of the molecule is CCCCOc1ccc([C@H]2Oc3c(OC)cccc3[C@H]3CC(c4ccc(OC)cc4)=NN32)cc1. The van der Waals surface area contributed by atoms with Crippen molar-refractivity contribution in [2.75, 3.05) is 20.8 Å². The highest BCUT2D eigenvalue weighted by molar-refractivity contribution is 6.02. The highest BCUT2D eigenvalue weighted by atomic mass is 16.5. The van der Waals surface area contributed by atoms with Crippen LogP contribution in [0.4, 0.5) is 0 Å². The Morgan fingerprint density at radius 2 is 1.71 bits per heavy atom. The Hall–Kier alpha value is -3.67. The molecule has 0 aliphatic carbocycles. The number of rotatable bonds is 8. The van der Waals surface area contributed by atoms with Crippen molar-refractivity contribution in [3.8, 4) is 23.0 Å². The normalized spacial score (nSPS) is 18.4. The molecule has 0 saturated heterocycles. The van der Waals surface area contributed by atoms with Crippen molar-refractivity contribution in [2.45, 2.75) is 38.5 Å². The number of para-hydroxylation sites is 1. The highest BCUT2D eigenvalue weighted by Gasteiger charge is 2.42. The summed E-state index contributed by atoms with van der Waals surface area (Å²) < 4.78 is 23.4. The van der Waals surface area contributed by atoms with Gasteiger partial charge in [-0.25, -0.2) is 5.01 Å². The van der Waals surface area contributed by atoms with Crippen LogP contribution in [0.15, 0.2) is 71.8 Å². The van der Waals surface area contributed by atoms with Crippen molar-refractivity contribution in [1.29, 1.82) is 0 Å². The predicted octanol–water partition coefficient (Wildman–Crippen LogP) is 6.13. The van der Waals surface area contributed by atoms with Gasteiger partial charge in [-0.1, -0.05) is 25.5 Å². The lowest BCUT2D eigenvalue weighted by Gasteiger charge is -2.38. The summed E-state index contributed by atoms with van der Waals surface area (Å²) in [4.78, 5) is 0. The minimum absolute atomic E-state index is 0.0569. The summed E-state index contributed by atoms with van der Waals surface area (Å²) in [5.41, 5.74) is 4.21. The predicted molar refractivity (Wildman–Crippen MR) is 132 cm³/mol. The molecule has 6 heteroatoms. The summed E-state index contributed by atoms with van der Waals surface area (Å²) >= 11 is 0. The van der Waals surface area contributed by atoms with Gasteiger partial charge in [0.1, 0.15) is 11.5 Å². The molecular weight excluding hydrogens is 428 g/mol. The number of fused-ring (bicyclic) bond motifs is 3. The summed E-state index contributed by atoms with van der Waals surface area (Å²) in [6, 6.07) is 22.3. The van der Waals surface area contributed by atoms with E-state index < -0.39 is 0 Å². The van der Waals surface area contributed by atoms with Gasteiger partial charge in [0, 0.05) is 17.5 Å². The molecule has 3 aromatic rings. The van der Waals surface area contributed by atoms with Crippen LogP contribution >= 0.6 is 0 Å². The average Bonchev–Trinajstić information content (AvgIpc) is 3.34. The fourth-order valence-corrected chi connectivity index (χ4v) is 4.49. The molecule has 2 heterocycles. The summed E-state index contributed by atoms with van der Waals surface area (Å²) in [5.74, 6) is 3.22. The Labute approximate surface area is 200 Å². The summed E-state index contributed by atoms with van der Waals surface area (Å²) in [6.45, 7) is 2.89. The number of benzene rings is 3. The Kier molecular flexibility index (Phi) is 6.30. The topological polar surface area (TPSA) is 52.5 Å². The Balaban J connectivity index is 1.49. The second-order valence-corrected chi connectivity index (χ2v) is 8.50. The van der Waals surface area contributed by atoms with Gasteiger partial charge >= 0.3 is 0 Å². The van der Waals surface area contributed by atoms with Gasteiger partial charge in [0.25, 0.3) is 0 Å². The number of nitrogens with zero attached hydrogens (tertiary/aromatic N) is 2. The zero-order chi connectivity index (χ0) is 23.5. The van der Waals surface area contributed by atoms with Gasteiger partial charge in [0.15, 0.2) is 11.5 Å². The number of ether oxygens (including phenoxy) is 4. The largest absolute Gasteiger partial charge is 0.497 e. The minimum Gasteiger partial charge on any atom is -0.497 e. The van der Waals surface area contributed by atoms with Gasteiger partial charge < -0.3 is 18.9 Å². The molecule has 0 fully saturated rings. The standard InChI is InChI=1S/C28H30N2O4/c1-4-5-17-33-22-15-11-20(12-16-22)28-30-25(23-7-6-8-26(32-3)27(23)34-28)18-24(29-30)19-9-13-21(31-2)14-10-19/h6-16,25,28H,4-5,17-18H2,1-3H3/t25-,28-/m1/s1. The lowest BCUT2D eigenvalue weighted by Crippen LogP contribution is -2.33. The van der Waals surface area contributed by atoms with Crippen molar-refractivity contribution in [2.24, 2.45) is 5.10 Å². The monoisotopic (exact) mass is 458 g/mol. The molecule has 5 rings (SSSR count). The first-order valence-corrected chi connectivity index (χ1v) is 11.8. The fourth-order valence-electron chi connectivity index (χ4n) is 4.49. The number of unbranched alkanes of at least 4 members (excludes halogenated alkanes) is 1. The first-order chi connectivity index (χ1) is 16.7. The molecule has 0 saturated carbocycles. The van der Waals surface area contributed by atoms with Crippen LogP contribution in [-0.4, -0.2) is 31.5 Å². The zero-order valence-corrected chi connectivity index (χ0v) is 19.9.